The second kappa shape index (κ2) is 12.5. The fourth-order valence-corrected chi connectivity index (χ4v) is 5.58. The molecule has 0 unspecified atom stereocenters. The summed E-state index contributed by atoms with van der Waals surface area (Å²) in [6.45, 7) is 9.41. The number of ether oxygens (including phenoxy) is 3. The summed E-state index contributed by atoms with van der Waals surface area (Å²) < 4.78 is 63.2. The van der Waals surface area contributed by atoms with Crippen molar-refractivity contribution >= 4 is 24.9 Å². The van der Waals surface area contributed by atoms with Gasteiger partial charge in [-0.05, 0) is 49.2 Å². The topological polar surface area (TPSA) is 88.4 Å². The molecule has 0 radical (unpaired) electrons. The summed E-state index contributed by atoms with van der Waals surface area (Å²) in [5.74, 6) is -2.65. The normalized spacial score (nSPS) is 14.6. The van der Waals surface area contributed by atoms with Crippen molar-refractivity contribution in [3.05, 3.63) is 65.7 Å². The Hall–Kier alpha value is -3.61. The van der Waals surface area contributed by atoms with Crippen LogP contribution in [0.15, 0.2) is 42.9 Å². The first-order valence-corrected chi connectivity index (χ1v) is 17.9. The van der Waals surface area contributed by atoms with Gasteiger partial charge in [-0.2, -0.15) is 10.2 Å². The number of hydrogen-bond acceptors (Lipinski definition) is 7. The molecule has 0 spiro atoms. The Morgan fingerprint density at radius 2 is 1.91 bits per heavy atom. The molecule has 1 saturated heterocycles. The van der Waals surface area contributed by atoms with Crippen LogP contribution in [0.3, 0.4) is 0 Å². The zero-order chi connectivity index (χ0) is 30.8. The number of nitrogens with zero attached hydrogens (tertiary/aromatic N) is 4. The molecule has 1 aliphatic heterocycles. The van der Waals surface area contributed by atoms with Crippen molar-refractivity contribution in [2.45, 2.75) is 64.3 Å². The van der Waals surface area contributed by atoms with Gasteiger partial charge in [-0.15, -0.1) is 0 Å². The van der Waals surface area contributed by atoms with Crippen LogP contribution in [0.25, 0.3) is 22.2 Å². The lowest BCUT2D eigenvalue weighted by Gasteiger charge is -2.33. The summed E-state index contributed by atoms with van der Waals surface area (Å²) in [7, 11) is -1.28. The van der Waals surface area contributed by atoms with Gasteiger partial charge >= 0.3 is 0 Å². The lowest BCUT2D eigenvalue weighted by molar-refractivity contribution is -0.139. The van der Waals surface area contributed by atoms with Crippen LogP contribution in [-0.2, 0) is 27.4 Å². The Morgan fingerprint density at radius 1 is 1.16 bits per heavy atom. The van der Waals surface area contributed by atoms with Gasteiger partial charge in [0.1, 0.15) is 23.9 Å². The molecule has 1 fully saturated rings. The molecule has 43 heavy (non-hydrogen) atoms. The van der Waals surface area contributed by atoms with Crippen molar-refractivity contribution in [3.8, 4) is 22.6 Å². The number of hydrogen-bond donors (Lipinski definition) is 0. The average Bonchev–Trinajstić information content (AvgIpc) is 3.30. The van der Waals surface area contributed by atoms with E-state index in [0.717, 1.165) is 23.7 Å². The smallest absolute Gasteiger partial charge is 0.198 e. The van der Waals surface area contributed by atoms with Crippen LogP contribution in [-0.4, -0.2) is 59.1 Å². The van der Waals surface area contributed by atoms with Gasteiger partial charge in [0.15, 0.2) is 23.1 Å². The summed E-state index contributed by atoms with van der Waals surface area (Å²) >= 11 is 0. The Balaban J connectivity index is 1.42. The molecule has 0 bridgehead atoms. The molecule has 5 rings (SSSR count). The lowest BCUT2D eigenvalue weighted by atomic mass is 9.95. The predicted octanol–water partition coefficient (Wildman–Crippen LogP) is 6.81. The van der Waals surface area contributed by atoms with Gasteiger partial charge in [0.2, 0.25) is 0 Å². The van der Waals surface area contributed by atoms with Crippen LogP contribution in [0.2, 0.25) is 25.7 Å². The maximum Gasteiger partial charge on any atom is 0.198 e. The third-order valence-electron chi connectivity index (χ3n) is 7.28. The molecule has 1 aliphatic rings. The molecule has 0 atom stereocenters. The van der Waals surface area contributed by atoms with Gasteiger partial charge in [-0.1, -0.05) is 19.6 Å². The molecule has 0 amide bonds. The van der Waals surface area contributed by atoms with E-state index in [1.54, 1.807) is 6.20 Å². The van der Waals surface area contributed by atoms with E-state index < -0.39 is 31.1 Å². The van der Waals surface area contributed by atoms with E-state index in [-0.39, 0.29) is 56.3 Å². The molecular formula is C31H35F3N4O4Si. The molecule has 12 heteroatoms. The fourth-order valence-electron chi connectivity index (χ4n) is 4.82. The molecule has 228 valence electrons. The van der Waals surface area contributed by atoms with Crippen LogP contribution in [0.1, 0.15) is 24.1 Å². The molecule has 3 aromatic heterocycles. The third-order valence-corrected chi connectivity index (χ3v) is 8.98. The summed E-state index contributed by atoms with van der Waals surface area (Å²) in [6.07, 6.45) is 4.72. The molecular weight excluding hydrogens is 577 g/mol. The monoisotopic (exact) mass is 612 g/mol. The number of ketones is 1. The first kappa shape index (κ1) is 30.8. The summed E-state index contributed by atoms with van der Waals surface area (Å²) in [6, 6.07) is 6.53. The zero-order valence-corrected chi connectivity index (χ0v) is 25.8. The highest BCUT2D eigenvalue weighted by molar-refractivity contribution is 6.76. The van der Waals surface area contributed by atoms with Crippen molar-refractivity contribution in [1.82, 2.24) is 19.7 Å². The second-order valence-electron chi connectivity index (χ2n) is 12.3. The number of fused-ring (bicyclic) bond motifs is 1. The van der Waals surface area contributed by atoms with E-state index in [1.165, 1.54) is 12.3 Å². The molecule has 4 heterocycles. The minimum atomic E-state index is -1.50. The molecule has 8 nitrogen and oxygen atoms in total. The SMILES string of the molecule is Cc1cc(-c2cn(COCC[Si](C)(C)C)c3nccc(Oc4c(F)cc(CC(=O)CCC5(F)COC5)cc4F)c23)cnn1. The lowest BCUT2D eigenvalue weighted by Crippen LogP contribution is -2.45. The number of Topliss-reactive ketones (excluding diaryl/α,β-unsaturated/α-hetero) is 1. The van der Waals surface area contributed by atoms with Crippen LogP contribution in [0.4, 0.5) is 13.2 Å². The van der Waals surface area contributed by atoms with E-state index in [2.05, 4.69) is 34.8 Å². The number of halogens is 3. The van der Waals surface area contributed by atoms with Crippen molar-refractivity contribution in [1.29, 1.82) is 0 Å². The van der Waals surface area contributed by atoms with Crippen LogP contribution < -0.4 is 4.74 Å². The maximum atomic E-state index is 15.3. The van der Waals surface area contributed by atoms with Gasteiger partial charge in [0.25, 0.3) is 0 Å². The van der Waals surface area contributed by atoms with Gasteiger partial charge < -0.3 is 18.8 Å². The second-order valence-corrected chi connectivity index (χ2v) is 17.9. The quantitative estimate of drug-likeness (QED) is 0.121. The summed E-state index contributed by atoms with van der Waals surface area (Å²) in [5.41, 5.74) is 1.28. The molecule has 0 saturated carbocycles. The van der Waals surface area contributed by atoms with Crippen LogP contribution in [0, 0.1) is 18.6 Å². The summed E-state index contributed by atoms with van der Waals surface area (Å²) in [4.78, 5) is 16.9. The first-order chi connectivity index (χ1) is 20.4. The van der Waals surface area contributed by atoms with Gasteiger partial charge in [0.05, 0.1) is 30.5 Å². The number of carbonyl (C=O) groups excluding carboxylic acids is 1. The highest BCUT2D eigenvalue weighted by atomic mass is 28.3. The third kappa shape index (κ3) is 7.49. The van der Waals surface area contributed by atoms with E-state index in [0.29, 0.717) is 28.9 Å². The Labute approximate surface area is 249 Å². The summed E-state index contributed by atoms with van der Waals surface area (Å²) in [5, 5.41) is 8.63. The van der Waals surface area contributed by atoms with Gasteiger partial charge in [-0.3, -0.25) is 4.79 Å². The number of alkyl halides is 1. The number of benzene rings is 1. The van der Waals surface area contributed by atoms with Crippen molar-refractivity contribution in [3.63, 3.8) is 0 Å². The zero-order valence-electron chi connectivity index (χ0n) is 24.8. The Kier molecular flexibility index (Phi) is 9.00. The van der Waals surface area contributed by atoms with E-state index >= 15 is 8.78 Å². The first-order valence-electron chi connectivity index (χ1n) is 14.2. The fraction of sp³-hybridized carbons (Fsp3) is 0.419. The molecule has 0 aliphatic carbocycles. The number of carbonyl (C=O) groups is 1. The largest absolute Gasteiger partial charge is 0.450 e. The standard InChI is InChI=1S/C31H35F3N4O4Si/c1-20-11-22(15-36-37-20)24-16-38(19-40-9-10-43(2,3)4)30-28(24)27(6-8-35-30)42-29-25(32)13-21(14-26(29)33)12-23(39)5-7-31(34)17-41-18-31/h6,8,11,13-16H,5,7,9-10,12,17-19H2,1-4H3. The van der Waals surface area contributed by atoms with Gasteiger partial charge in [-0.25, -0.2) is 18.2 Å². The van der Waals surface area contributed by atoms with Crippen LogP contribution >= 0.6 is 0 Å². The van der Waals surface area contributed by atoms with E-state index in [1.807, 2.05) is 23.8 Å². The highest BCUT2D eigenvalue weighted by Gasteiger charge is 2.38. The van der Waals surface area contributed by atoms with E-state index in [4.69, 9.17) is 14.2 Å². The average molecular weight is 613 g/mol. The molecule has 4 aromatic rings. The molecule has 0 N–H and O–H groups in total. The van der Waals surface area contributed by atoms with Crippen LogP contribution in [0.5, 0.6) is 11.5 Å². The minimum Gasteiger partial charge on any atom is -0.450 e. The Morgan fingerprint density at radius 3 is 2.56 bits per heavy atom. The number of aryl methyl sites for hydroxylation is 1. The molecule has 1 aromatic carbocycles. The van der Waals surface area contributed by atoms with Gasteiger partial charge in [0, 0.05) is 51.0 Å². The van der Waals surface area contributed by atoms with Crippen molar-refractivity contribution in [2.24, 2.45) is 0 Å². The van der Waals surface area contributed by atoms with E-state index in [9.17, 15) is 9.18 Å². The maximum absolute atomic E-state index is 15.3. The Bertz CT molecular complexity index is 1610. The highest BCUT2D eigenvalue weighted by Crippen LogP contribution is 2.39. The van der Waals surface area contributed by atoms with Crippen molar-refractivity contribution < 1.29 is 32.2 Å². The van der Waals surface area contributed by atoms with Crippen molar-refractivity contribution in [2.75, 3.05) is 19.8 Å². The minimum absolute atomic E-state index is 0.0217. The number of pyridine rings is 1. The predicted molar refractivity (Wildman–Crippen MR) is 159 cm³/mol. The number of rotatable bonds is 13. The number of aromatic nitrogens is 4.